The van der Waals surface area contributed by atoms with Crippen molar-refractivity contribution in [2.45, 2.75) is 23.8 Å². The number of rotatable bonds is 2. The maximum Gasteiger partial charge on any atom is 0.416 e. The molecule has 2 unspecified atom stereocenters. The Morgan fingerprint density at radius 3 is 1.57 bits per heavy atom. The van der Waals surface area contributed by atoms with E-state index >= 15 is 0 Å². The third kappa shape index (κ3) is 2.68. The van der Waals surface area contributed by atoms with Gasteiger partial charge in [0.25, 0.3) is 0 Å². The van der Waals surface area contributed by atoms with E-state index in [1.165, 1.54) is 30.6 Å². The van der Waals surface area contributed by atoms with Gasteiger partial charge in [0, 0.05) is 0 Å². The van der Waals surface area contributed by atoms with Crippen LogP contribution < -0.4 is 5.32 Å². The summed E-state index contributed by atoms with van der Waals surface area (Å²) in [4.78, 5) is 16.5. The van der Waals surface area contributed by atoms with Gasteiger partial charge in [0.05, 0.1) is 34.8 Å². The highest BCUT2D eigenvalue weighted by Crippen LogP contribution is 2.61. The zero-order valence-electron chi connectivity index (χ0n) is 14.0. The fourth-order valence-electron chi connectivity index (χ4n) is 3.93. The van der Waals surface area contributed by atoms with Gasteiger partial charge in [-0.25, -0.2) is 0 Å². The molecule has 0 aromatic heterocycles. The van der Waals surface area contributed by atoms with Crippen LogP contribution in [0.4, 0.5) is 26.3 Å². The molecule has 2 aromatic carbocycles. The second-order valence-corrected chi connectivity index (χ2v) is 6.73. The average molecular weight is 398 g/mol. The van der Waals surface area contributed by atoms with Crippen LogP contribution in [-0.4, -0.2) is 18.3 Å². The standard InChI is InChI=1S/C19H12F6N2O/c20-18(21,22)12-5-1-10(2-6-12)17(14-15(17)26-9-27-16(14)28)11-3-7-13(8-4-11)19(23,24)25/h1-9,14-15H,(H,26,27,28). The lowest BCUT2D eigenvalue weighted by Gasteiger charge is -2.20. The first-order chi connectivity index (χ1) is 13.1. The van der Waals surface area contributed by atoms with Gasteiger partial charge in [0.1, 0.15) is 0 Å². The Bertz CT molecular complexity index is 887. The highest BCUT2D eigenvalue weighted by Gasteiger charge is 2.71. The number of carbonyl (C=O) groups is 1. The van der Waals surface area contributed by atoms with Crippen molar-refractivity contribution in [3.8, 4) is 0 Å². The number of carbonyl (C=O) groups excluding carboxylic acids is 1. The summed E-state index contributed by atoms with van der Waals surface area (Å²) in [7, 11) is 0. The zero-order chi connectivity index (χ0) is 20.3. The van der Waals surface area contributed by atoms with Crippen molar-refractivity contribution in [2.75, 3.05) is 0 Å². The predicted octanol–water partition coefficient (Wildman–Crippen LogP) is 4.17. The maximum absolute atomic E-state index is 12.9. The van der Waals surface area contributed by atoms with E-state index in [0.717, 1.165) is 24.3 Å². The first-order valence-corrected chi connectivity index (χ1v) is 8.24. The van der Waals surface area contributed by atoms with Crippen LogP contribution in [-0.2, 0) is 22.6 Å². The molecule has 2 atom stereocenters. The molecule has 1 fully saturated rings. The molecular weight excluding hydrogens is 386 g/mol. The minimum atomic E-state index is -4.52. The van der Waals surface area contributed by atoms with Gasteiger partial charge in [0.15, 0.2) is 0 Å². The van der Waals surface area contributed by atoms with Crippen molar-refractivity contribution in [1.29, 1.82) is 0 Å². The molecule has 3 nitrogen and oxygen atoms in total. The summed E-state index contributed by atoms with van der Waals surface area (Å²) in [6.45, 7) is 0. The Balaban J connectivity index is 1.82. The van der Waals surface area contributed by atoms with Crippen LogP contribution in [0.1, 0.15) is 22.3 Å². The van der Waals surface area contributed by atoms with E-state index in [0.29, 0.717) is 11.1 Å². The first kappa shape index (κ1) is 18.5. The van der Waals surface area contributed by atoms with Gasteiger partial charge < -0.3 is 5.32 Å². The normalized spacial score (nSPS) is 23.1. The van der Waals surface area contributed by atoms with Crippen molar-refractivity contribution in [1.82, 2.24) is 5.32 Å². The smallest absolute Gasteiger partial charge is 0.317 e. The number of benzene rings is 2. The number of fused-ring (bicyclic) bond motifs is 1. The van der Waals surface area contributed by atoms with E-state index in [4.69, 9.17) is 0 Å². The fourth-order valence-corrected chi connectivity index (χ4v) is 3.93. The molecule has 1 aliphatic carbocycles. The topological polar surface area (TPSA) is 41.5 Å². The Labute approximate surface area is 155 Å². The number of hydrogen-bond donors (Lipinski definition) is 1. The van der Waals surface area contributed by atoms with Gasteiger partial charge in [0.2, 0.25) is 5.91 Å². The number of amides is 1. The molecule has 1 N–H and O–H groups in total. The minimum Gasteiger partial charge on any atom is -0.317 e. The second-order valence-electron chi connectivity index (χ2n) is 6.73. The van der Waals surface area contributed by atoms with E-state index in [-0.39, 0.29) is 5.91 Å². The Morgan fingerprint density at radius 2 is 1.21 bits per heavy atom. The molecule has 1 heterocycles. The molecule has 1 amide bonds. The van der Waals surface area contributed by atoms with Gasteiger partial charge in [-0.1, -0.05) is 24.3 Å². The van der Waals surface area contributed by atoms with Crippen LogP contribution in [0.2, 0.25) is 0 Å². The summed E-state index contributed by atoms with van der Waals surface area (Å²) in [5, 5.41) is 2.45. The molecule has 28 heavy (non-hydrogen) atoms. The van der Waals surface area contributed by atoms with Gasteiger partial charge in [-0.05, 0) is 35.4 Å². The van der Waals surface area contributed by atoms with Gasteiger partial charge in [-0.3, -0.25) is 9.79 Å². The molecule has 0 bridgehead atoms. The molecular formula is C19H12F6N2O. The largest absolute Gasteiger partial charge is 0.416 e. The number of alkyl halides is 6. The quantitative estimate of drug-likeness (QED) is 0.759. The van der Waals surface area contributed by atoms with E-state index in [1.54, 1.807) is 0 Å². The first-order valence-electron chi connectivity index (χ1n) is 8.24. The summed E-state index contributed by atoms with van der Waals surface area (Å²) in [5.41, 5.74) is -2.02. The van der Waals surface area contributed by atoms with Crippen molar-refractivity contribution in [2.24, 2.45) is 10.9 Å². The lowest BCUT2D eigenvalue weighted by atomic mass is 9.84. The Morgan fingerprint density at radius 1 is 0.786 bits per heavy atom. The summed E-state index contributed by atoms with van der Waals surface area (Å²) in [6, 6.07) is 8.00. The van der Waals surface area contributed by atoms with Crippen LogP contribution in [0.25, 0.3) is 0 Å². The summed E-state index contributed by atoms with van der Waals surface area (Å²) in [5.74, 6) is -1.08. The zero-order valence-corrected chi connectivity index (χ0v) is 14.0. The highest BCUT2D eigenvalue weighted by molar-refractivity contribution is 5.98. The van der Waals surface area contributed by atoms with E-state index < -0.39 is 40.9 Å². The van der Waals surface area contributed by atoms with Crippen LogP contribution in [0.5, 0.6) is 0 Å². The second kappa shape index (κ2) is 5.83. The fraction of sp³-hybridized carbons (Fsp3) is 0.263. The van der Waals surface area contributed by atoms with Crippen molar-refractivity contribution in [3.05, 3.63) is 70.8 Å². The maximum atomic E-state index is 12.9. The number of aliphatic imine (C=N–C) groups is 1. The van der Waals surface area contributed by atoms with Crippen molar-refractivity contribution in [3.63, 3.8) is 0 Å². The summed E-state index contributed by atoms with van der Waals surface area (Å²) < 4.78 is 77.2. The van der Waals surface area contributed by atoms with Gasteiger partial charge in [-0.15, -0.1) is 0 Å². The van der Waals surface area contributed by atoms with Crippen molar-refractivity contribution < 1.29 is 31.1 Å². The van der Waals surface area contributed by atoms with Crippen molar-refractivity contribution >= 4 is 12.2 Å². The lowest BCUT2D eigenvalue weighted by molar-refractivity contribution is -0.138. The number of nitrogens with one attached hydrogen (secondary N) is 1. The van der Waals surface area contributed by atoms with Crippen LogP contribution in [0.3, 0.4) is 0 Å². The number of hydrogen-bond acceptors (Lipinski definition) is 2. The third-order valence-corrected chi connectivity index (χ3v) is 5.27. The van der Waals surface area contributed by atoms with E-state index in [1.807, 2.05) is 0 Å². The molecule has 4 rings (SSSR count). The predicted molar refractivity (Wildman–Crippen MR) is 87.6 cm³/mol. The molecule has 1 saturated carbocycles. The van der Waals surface area contributed by atoms with Gasteiger partial charge >= 0.3 is 12.4 Å². The molecule has 2 aliphatic rings. The molecule has 146 valence electrons. The Hall–Kier alpha value is -2.84. The highest BCUT2D eigenvalue weighted by atomic mass is 19.4. The molecule has 2 aromatic rings. The molecule has 1 aliphatic heterocycles. The number of halogens is 6. The van der Waals surface area contributed by atoms with E-state index in [9.17, 15) is 31.1 Å². The number of nitrogens with zero attached hydrogens (tertiary/aromatic N) is 1. The van der Waals surface area contributed by atoms with Crippen LogP contribution >= 0.6 is 0 Å². The molecule has 0 spiro atoms. The van der Waals surface area contributed by atoms with Gasteiger partial charge in [-0.2, -0.15) is 26.3 Å². The average Bonchev–Trinajstić information content (AvgIpc) is 3.32. The summed E-state index contributed by atoms with van der Waals surface area (Å²) in [6.07, 6.45) is -7.84. The van der Waals surface area contributed by atoms with E-state index in [2.05, 4.69) is 10.3 Å². The SMILES string of the molecule is O=C1NC=NC2C1C2(c1ccc(C(F)(F)F)cc1)c1ccc(C(F)(F)F)cc1. The third-order valence-electron chi connectivity index (χ3n) is 5.27. The minimum absolute atomic E-state index is 0.375. The summed E-state index contributed by atoms with van der Waals surface area (Å²) >= 11 is 0. The molecule has 0 saturated heterocycles. The van der Waals surface area contributed by atoms with Crippen LogP contribution in [0.15, 0.2) is 53.5 Å². The van der Waals surface area contributed by atoms with Crippen LogP contribution in [0, 0.1) is 5.92 Å². The molecule has 9 heteroatoms. The monoisotopic (exact) mass is 398 g/mol. The Kier molecular flexibility index (Phi) is 3.85. The molecule has 0 radical (unpaired) electrons. The lowest BCUT2D eigenvalue weighted by Crippen LogP contribution is -2.29.